The van der Waals surface area contributed by atoms with Gasteiger partial charge in [0.15, 0.2) is 0 Å². The van der Waals surface area contributed by atoms with E-state index in [0.717, 1.165) is 54.2 Å². The van der Waals surface area contributed by atoms with Gasteiger partial charge in [-0.3, -0.25) is 0 Å². The summed E-state index contributed by atoms with van der Waals surface area (Å²) in [6.07, 6.45) is 0. The van der Waals surface area contributed by atoms with Crippen molar-refractivity contribution < 1.29 is 9.84 Å². The summed E-state index contributed by atoms with van der Waals surface area (Å²) in [5.74, 6) is 1.05. The lowest BCUT2D eigenvalue weighted by Gasteiger charge is -2.13. The first-order valence-corrected chi connectivity index (χ1v) is 10.8. The lowest BCUT2D eigenvalue weighted by Crippen LogP contribution is -1.97. The van der Waals surface area contributed by atoms with E-state index >= 15 is 0 Å². The average molecular weight is 526 g/mol. The fourth-order valence-electron chi connectivity index (χ4n) is 3.34. The van der Waals surface area contributed by atoms with Crippen molar-refractivity contribution in [3.05, 3.63) is 81.5 Å². The molecular formula is C24H18Br2N2O2. The van der Waals surface area contributed by atoms with Crippen LogP contribution in [0, 0.1) is 6.92 Å². The Morgan fingerprint density at radius 1 is 0.767 bits per heavy atom. The van der Waals surface area contributed by atoms with Gasteiger partial charge in [-0.2, -0.15) is 0 Å². The summed E-state index contributed by atoms with van der Waals surface area (Å²) in [7, 11) is 1.66. The van der Waals surface area contributed by atoms with Gasteiger partial charge in [0, 0.05) is 0 Å². The van der Waals surface area contributed by atoms with Gasteiger partial charge in [-0.15, -0.1) is 0 Å². The van der Waals surface area contributed by atoms with Gasteiger partial charge in [0.2, 0.25) is 0 Å². The molecule has 0 saturated carbocycles. The number of hydrogen-bond donors (Lipinski definition) is 1. The standard InChI is InChI=1S/C24H18Br2N2O2/c1-14-20(16-5-9-19(30-2)10-6-16)13-23(26)28-24(14)21-11-17(12-22(25)27-21)15-3-7-18(29)8-4-15/h3-13,29H,1-2H3. The van der Waals surface area contributed by atoms with Crippen LogP contribution in [0.2, 0.25) is 0 Å². The van der Waals surface area contributed by atoms with Crippen molar-refractivity contribution in [2.75, 3.05) is 7.11 Å². The largest absolute Gasteiger partial charge is 0.508 e. The van der Waals surface area contributed by atoms with Crippen molar-refractivity contribution in [1.29, 1.82) is 0 Å². The molecule has 4 rings (SSSR count). The van der Waals surface area contributed by atoms with Crippen LogP contribution in [0.4, 0.5) is 0 Å². The third-order valence-electron chi connectivity index (χ3n) is 4.88. The molecular weight excluding hydrogens is 508 g/mol. The van der Waals surface area contributed by atoms with E-state index in [4.69, 9.17) is 9.72 Å². The van der Waals surface area contributed by atoms with Crippen molar-refractivity contribution in [3.63, 3.8) is 0 Å². The normalized spacial score (nSPS) is 10.8. The summed E-state index contributed by atoms with van der Waals surface area (Å²) in [6.45, 7) is 2.05. The van der Waals surface area contributed by atoms with Crippen molar-refractivity contribution in [2.24, 2.45) is 0 Å². The molecule has 0 radical (unpaired) electrons. The van der Waals surface area contributed by atoms with Crippen molar-refractivity contribution in [3.8, 4) is 45.1 Å². The van der Waals surface area contributed by atoms with E-state index in [2.05, 4.69) is 43.8 Å². The third-order valence-corrected chi connectivity index (χ3v) is 5.69. The van der Waals surface area contributed by atoms with Crippen molar-refractivity contribution in [2.45, 2.75) is 6.92 Å². The number of halogens is 2. The molecule has 150 valence electrons. The summed E-state index contributed by atoms with van der Waals surface area (Å²) >= 11 is 7.09. The number of rotatable bonds is 4. The first-order chi connectivity index (χ1) is 14.4. The van der Waals surface area contributed by atoms with E-state index in [1.54, 1.807) is 19.2 Å². The lowest BCUT2D eigenvalue weighted by atomic mass is 9.97. The topological polar surface area (TPSA) is 55.2 Å². The molecule has 4 nitrogen and oxygen atoms in total. The maximum atomic E-state index is 9.58. The van der Waals surface area contributed by atoms with Gasteiger partial charge in [-0.25, -0.2) is 9.97 Å². The maximum absolute atomic E-state index is 9.58. The Morgan fingerprint density at radius 3 is 2.07 bits per heavy atom. The molecule has 0 amide bonds. The maximum Gasteiger partial charge on any atom is 0.118 e. The van der Waals surface area contributed by atoms with E-state index in [1.807, 2.05) is 54.6 Å². The van der Waals surface area contributed by atoms with E-state index in [1.165, 1.54) is 0 Å². The summed E-state index contributed by atoms with van der Waals surface area (Å²) in [5.41, 5.74) is 6.72. The fraction of sp³-hybridized carbons (Fsp3) is 0.0833. The molecule has 0 aliphatic rings. The van der Waals surface area contributed by atoms with Crippen LogP contribution in [0.1, 0.15) is 5.56 Å². The number of aromatic nitrogens is 2. The zero-order valence-corrected chi connectivity index (χ0v) is 19.5. The Morgan fingerprint density at radius 2 is 1.40 bits per heavy atom. The third kappa shape index (κ3) is 4.25. The van der Waals surface area contributed by atoms with Crippen molar-refractivity contribution >= 4 is 31.9 Å². The van der Waals surface area contributed by atoms with Gasteiger partial charge < -0.3 is 9.84 Å². The average Bonchev–Trinajstić information content (AvgIpc) is 2.75. The second kappa shape index (κ2) is 8.58. The van der Waals surface area contributed by atoms with Gasteiger partial charge in [0.1, 0.15) is 20.7 Å². The first kappa shape index (κ1) is 20.6. The quantitative estimate of drug-likeness (QED) is 0.291. The molecule has 0 unspecified atom stereocenters. The molecule has 2 heterocycles. The number of pyridine rings is 2. The number of phenolic OH excluding ortho intramolecular Hbond substituents is 1. The number of hydrogen-bond acceptors (Lipinski definition) is 4. The molecule has 30 heavy (non-hydrogen) atoms. The predicted octanol–water partition coefficient (Wildman–Crippen LogP) is 7.03. The first-order valence-electron chi connectivity index (χ1n) is 9.23. The van der Waals surface area contributed by atoms with Gasteiger partial charge >= 0.3 is 0 Å². The molecule has 2 aromatic carbocycles. The summed E-state index contributed by atoms with van der Waals surface area (Å²) in [4.78, 5) is 9.40. The Bertz CT molecular complexity index is 1210. The predicted molar refractivity (Wildman–Crippen MR) is 127 cm³/mol. The highest BCUT2D eigenvalue weighted by Gasteiger charge is 2.15. The van der Waals surface area contributed by atoms with Crippen LogP contribution in [0.3, 0.4) is 0 Å². The van der Waals surface area contributed by atoms with Gasteiger partial charge in [0.25, 0.3) is 0 Å². The van der Waals surface area contributed by atoms with Crippen LogP contribution in [0.25, 0.3) is 33.6 Å². The number of benzene rings is 2. The SMILES string of the molecule is COc1ccc(-c2cc(Br)nc(-c3cc(-c4ccc(O)cc4)cc(Br)n3)c2C)cc1. The van der Waals surface area contributed by atoms with E-state index in [9.17, 15) is 5.11 Å². The fourth-order valence-corrected chi connectivity index (χ4v) is 4.18. The minimum absolute atomic E-state index is 0.237. The van der Waals surface area contributed by atoms with Gasteiger partial charge in [0.05, 0.1) is 18.5 Å². The minimum atomic E-state index is 0.237. The highest BCUT2D eigenvalue weighted by Crippen LogP contribution is 2.35. The van der Waals surface area contributed by atoms with Gasteiger partial charge in [-0.1, -0.05) is 24.3 Å². The zero-order valence-electron chi connectivity index (χ0n) is 16.4. The minimum Gasteiger partial charge on any atom is -0.508 e. The molecule has 4 aromatic rings. The molecule has 0 bridgehead atoms. The highest BCUT2D eigenvalue weighted by atomic mass is 79.9. The van der Waals surface area contributed by atoms with E-state index in [-0.39, 0.29) is 5.75 Å². The number of phenols is 1. The molecule has 2 aromatic heterocycles. The van der Waals surface area contributed by atoms with Crippen LogP contribution in [-0.4, -0.2) is 22.2 Å². The number of nitrogens with zero attached hydrogens (tertiary/aromatic N) is 2. The molecule has 0 aliphatic carbocycles. The summed E-state index contributed by atoms with van der Waals surface area (Å²) < 4.78 is 6.73. The lowest BCUT2D eigenvalue weighted by molar-refractivity contribution is 0.415. The smallest absolute Gasteiger partial charge is 0.118 e. The Hall–Kier alpha value is -2.70. The van der Waals surface area contributed by atoms with Crippen LogP contribution < -0.4 is 4.74 Å². The number of ether oxygens (including phenoxy) is 1. The summed E-state index contributed by atoms with van der Waals surface area (Å²) in [5, 5.41) is 9.58. The Labute approximate surface area is 191 Å². The van der Waals surface area contributed by atoms with Gasteiger partial charge in [-0.05, 0) is 109 Å². The molecule has 0 fully saturated rings. The second-order valence-electron chi connectivity index (χ2n) is 6.81. The van der Waals surface area contributed by atoms with Crippen LogP contribution in [0.5, 0.6) is 11.5 Å². The molecule has 0 spiro atoms. The second-order valence-corrected chi connectivity index (χ2v) is 8.43. The Balaban J connectivity index is 1.84. The van der Waals surface area contributed by atoms with Crippen LogP contribution in [0.15, 0.2) is 75.9 Å². The molecule has 6 heteroatoms. The molecule has 0 aliphatic heterocycles. The Kier molecular flexibility index (Phi) is 5.88. The molecule has 0 saturated heterocycles. The highest BCUT2D eigenvalue weighted by molar-refractivity contribution is 9.10. The number of methoxy groups -OCH3 is 1. The van der Waals surface area contributed by atoms with Crippen LogP contribution >= 0.6 is 31.9 Å². The monoisotopic (exact) mass is 524 g/mol. The molecule has 0 atom stereocenters. The van der Waals surface area contributed by atoms with Crippen LogP contribution in [-0.2, 0) is 0 Å². The van der Waals surface area contributed by atoms with E-state index < -0.39 is 0 Å². The molecule has 1 N–H and O–H groups in total. The summed E-state index contributed by atoms with van der Waals surface area (Å²) in [6, 6.07) is 21.0. The zero-order chi connectivity index (χ0) is 21.3. The van der Waals surface area contributed by atoms with Crippen molar-refractivity contribution in [1.82, 2.24) is 9.97 Å². The number of aromatic hydroxyl groups is 1. The van der Waals surface area contributed by atoms with E-state index in [0.29, 0.717) is 0 Å².